The Morgan fingerprint density at radius 3 is 2.90 bits per heavy atom. The molecule has 0 atom stereocenters. The number of carbonyl (C=O) groups excluding carboxylic acids is 1. The van der Waals surface area contributed by atoms with Crippen LogP contribution in [0.25, 0.3) is 21.7 Å². The smallest absolute Gasteiger partial charge is 0.349 e. The zero-order chi connectivity index (χ0) is 14.1. The van der Waals surface area contributed by atoms with Crippen LogP contribution >= 0.6 is 11.3 Å². The number of esters is 1. The lowest BCUT2D eigenvalue weighted by Gasteiger charge is -1.95. The Morgan fingerprint density at radius 1 is 1.40 bits per heavy atom. The molecule has 0 radical (unpaired) electrons. The van der Waals surface area contributed by atoms with Crippen LogP contribution in [0.5, 0.6) is 0 Å². The number of para-hydroxylation sites is 1. The van der Waals surface area contributed by atoms with Gasteiger partial charge in [0.05, 0.1) is 12.8 Å². The van der Waals surface area contributed by atoms with Crippen LogP contribution in [0.2, 0.25) is 0 Å². The van der Waals surface area contributed by atoms with Crippen molar-refractivity contribution < 1.29 is 13.9 Å². The second kappa shape index (κ2) is 5.09. The van der Waals surface area contributed by atoms with Crippen molar-refractivity contribution in [2.45, 2.75) is 13.3 Å². The molecule has 4 nitrogen and oxygen atoms in total. The van der Waals surface area contributed by atoms with Crippen LogP contribution in [0.4, 0.5) is 0 Å². The highest BCUT2D eigenvalue weighted by molar-refractivity contribution is 7.17. The Labute approximate surface area is 120 Å². The predicted molar refractivity (Wildman–Crippen MR) is 78.0 cm³/mol. The van der Waals surface area contributed by atoms with Gasteiger partial charge in [-0.15, -0.1) is 11.3 Å². The zero-order valence-corrected chi connectivity index (χ0v) is 12.0. The molecule has 0 amide bonds. The molecule has 0 fully saturated rings. The van der Waals surface area contributed by atoms with Gasteiger partial charge in [-0.05, 0) is 18.6 Å². The lowest BCUT2D eigenvalue weighted by molar-refractivity contribution is 0.0605. The van der Waals surface area contributed by atoms with Gasteiger partial charge < -0.3 is 9.15 Å². The Kier molecular flexibility index (Phi) is 3.28. The molecule has 3 aromatic rings. The number of furan rings is 1. The monoisotopic (exact) mass is 287 g/mol. The van der Waals surface area contributed by atoms with Crippen LogP contribution in [0.15, 0.2) is 34.7 Å². The van der Waals surface area contributed by atoms with Crippen molar-refractivity contribution in [3.8, 4) is 10.8 Å². The third-order valence-electron chi connectivity index (χ3n) is 3.04. The molecule has 20 heavy (non-hydrogen) atoms. The Hall–Kier alpha value is -2.14. The fourth-order valence-corrected chi connectivity index (χ4v) is 3.06. The number of benzene rings is 1. The highest BCUT2D eigenvalue weighted by Crippen LogP contribution is 2.32. The molecule has 0 saturated carbocycles. The van der Waals surface area contributed by atoms with E-state index in [0.29, 0.717) is 22.1 Å². The maximum absolute atomic E-state index is 11.7. The first-order valence-electron chi connectivity index (χ1n) is 6.30. The van der Waals surface area contributed by atoms with E-state index in [1.54, 1.807) is 0 Å². The molecule has 0 bridgehead atoms. The number of aryl methyl sites for hydroxylation is 1. The second-order valence-corrected chi connectivity index (χ2v) is 5.29. The van der Waals surface area contributed by atoms with Gasteiger partial charge in [0.25, 0.3) is 0 Å². The van der Waals surface area contributed by atoms with E-state index in [4.69, 9.17) is 9.15 Å². The molecule has 2 aromatic heterocycles. The third-order valence-corrected chi connectivity index (χ3v) is 4.13. The maximum Gasteiger partial charge on any atom is 0.349 e. The minimum atomic E-state index is -0.346. The molecule has 0 aliphatic rings. The van der Waals surface area contributed by atoms with Gasteiger partial charge in [-0.2, -0.15) is 0 Å². The number of nitrogens with zero attached hydrogens (tertiary/aromatic N) is 1. The van der Waals surface area contributed by atoms with Gasteiger partial charge in [-0.3, -0.25) is 0 Å². The lowest BCUT2D eigenvalue weighted by Crippen LogP contribution is -2.01. The van der Waals surface area contributed by atoms with Crippen molar-refractivity contribution in [3.05, 3.63) is 40.9 Å². The zero-order valence-electron chi connectivity index (χ0n) is 11.2. The summed E-state index contributed by atoms with van der Waals surface area (Å²) >= 11 is 1.31. The van der Waals surface area contributed by atoms with Crippen molar-refractivity contribution in [2.24, 2.45) is 0 Å². The average Bonchev–Trinajstić information content (AvgIpc) is 3.09. The first-order chi connectivity index (χ1) is 9.72. The van der Waals surface area contributed by atoms with Gasteiger partial charge in [-0.25, -0.2) is 9.78 Å². The number of aromatic nitrogens is 1. The molecule has 0 saturated heterocycles. The standard InChI is InChI=1S/C15H13NO3S/c1-3-10-13(15(17)18-2)20-14(16-10)12-8-9-6-4-5-7-11(9)19-12/h4-8H,3H2,1-2H3. The van der Waals surface area contributed by atoms with Gasteiger partial charge in [0.2, 0.25) is 0 Å². The number of hydrogen-bond donors (Lipinski definition) is 0. The minimum Gasteiger partial charge on any atom is -0.465 e. The second-order valence-electron chi connectivity index (χ2n) is 4.29. The largest absolute Gasteiger partial charge is 0.465 e. The van der Waals surface area contributed by atoms with Gasteiger partial charge in [0.15, 0.2) is 10.8 Å². The lowest BCUT2D eigenvalue weighted by atomic mass is 10.2. The molecule has 1 aromatic carbocycles. The van der Waals surface area contributed by atoms with Crippen molar-refractivity contribution in [1.82, 2.24) is 4.98 Å². The summed E-state index contributed by atoms with van der Waals surface area (Å²) in [5.41, 5.74) is 1.56. The van der Waals surface area contributed by atoms with E-state index in [2.05, 4.69) is 4.98 Å². The highest BCUT2D eigenvalue weighted by Gasteiger charge is 2.20. The summed E-state index contributed by atoms with van der Waals surface area (Å²) in [6.07, 6.45) is 0.682. The summed E-state index contributed by atoms with van der Waals surface area (Å²) in [7, 11) is 1.38. The van der Waals surface area contributed by atoms with Crippen molar-refractivity contribution in [1.29, 1.82) is 0 Å². The Bertz CT molecular complexity index is 739. The van der Waals surface area contributed by atoms with Crippen LogP contribution in [0, 0.1) is 0 Å². The summed E-state index contributed by atoms with van der Waals surface area (Å²) in [4.78, 5) is 16.8. The van der Waals surface area contributed by atoms with E-state index in [1.165, 1.54) is 18.4 Å². The average molecular weight is 287 g/mol. The highest BCUT2D eigenvalue weighted by atomic mass is 32.1. The van der Waals surface area contributed by atoms with E-state index < -0.39 is 0 Å². The normalized spacial score (nSPS) is 10.9. The molecule has 102 valence electrons. The SMILES string of the molecule is CCc1nc(-c2cc3ccccc3o2)sc1C(=O)OC. The molecule has 0 spiro atoms. The summed E-state index contributed by atoms with van der Waals surface area (Å²) in [6, 6.07) is 9.72. The van der Waals surface area contributed by atoms with E-state index in [-0.39, 0.29) is 5.97 Å². The fourth-order valence-electron chi connectivity index (χ4n) is 2.04. The maximum atomic E-state index is 11.7. The van der Waals surface area contributed by atoms with Crippen LogP contribution in [-0.2, 0) is 11.2 Å². The summed E-state index contributed by atoms with van der Waals surface area (Å²) in [6.45, 7) is 1.96. The molecule has 5 heteroatoms. The number of ether oxygens (including phenoxy) is 1. The van der Waals surface area contributed by atoms with Gasteiger partial charge in [-0.1, -0.05) is 25.1 Å². The van der Waals surface area contributed by atoms with E-state index in [9.17, 15) is 4.79 Å². The number of methoxy groups -OCH3 is 1. The number of thiazole rings is 1. The van der Waals surface area contributed by atoms with Gasteiger partial charge >= 0.3 is 5.97 Å². The van der Waals surface area contributed by atoms with Gasteiger partial charge in [0, 0.05) is 5.39 Å². The van der Waals surface area contributed by atoms with Crippen molar-refractivity contribution in [3.63, 3.8) is 0 Å². The van der Waals surface area contributed by atoms with Crippen LogP contribution in [0.3, 0.4) is 0 Å². The molecule has 0 aliphatic carbocycles. The van der Waals surface area contributed by atoms with Crippen LogP contribution < -0.4 is 0 Å². The molecule has 0 unspecified atom stereocenters. The number of fused-ring (bicyclic) bond motifs is 1. The summed E-state index contributed by atoms with van der Waals surface area (Å²) in [5.74, 6) is 0.336. The van der Waals surface area contributed by atoms with E-state index >= 15 is 0 Å². The molecule has 2 heterocycles. The number of carbonyl (C=O) groups is 1. The van der Waals surface area contributed by atoms with Crippen LogP contribution in [0.1, 0.15) is 22.3 Å². The minimum absolute atomic E-state index is 0.346. The fraction of sp³-hybridized carbons (Fsp3) is 0.200. The Balaban J connectivity index is 2.09. The predicted octanol–water partition coefficient (Wildman–Crippen LogP) is 3.91. The first kappa shape index (κ1) is 12.9. The van der Waals surface area contributed by atoms with E-state index in [1.807, 2.05) is 37.3 Å². The first-order valence-corrected chi connectivity index (χ1v) is 7.11. The number of hydrogen-bond acceptors (Lipinski definition) is 5. The molecule has 0 aliphatic heterocycles. The molecular weight excluding hydrogens is 274 g/mol. The van der Waals surface area contributed by atoms with Crippen molar-refractivity contribution in [2.75, 3.05) is 7.11 Å². The summed E-state index contributed by atoms with van der Waals surface area (Å²) < 4.78 is 10.6. The molecule has 0 N–H and O–H groups in total. The molecular formula is C15H13NO3S. The van der Waals surface area contributed by atoms with Crippen molar-refractivity contribution >= 4 is 28.3 Å². The third kappa shape index (κ3) is 2.10. The Morgan fingerprint density at radius 2 is 2.20 bits per heavy atom. The number of rotatable bonds is 3. The topological polar surface area (TPSA) is 52.3 Å². The molecule has 3 rings (SSSR count). The van der Waals surface area contributed by atoms with E-state index in [0.717, 1.165) is 16.7 Å². The van der Waals surface area contributed by atoms with Gasteiger partial charge in [0.1, 0.15) is 10.5 Å². The summed E-state index contributed by atoms with van der Waals surface area (Å²) in [5, 5.41) is 1.73. The quantitative estimate of drug-likeness (QED) is 0.685. The van der Waals surface area contributed by atoms with Crippen LogP contribution in [-0.4, -0.2) is 18.1 Å².